The van der Waals surface area contributed by atoms with E-state index < -0.39 is 0 Å². The van der Waals surface area contributed by atoms with Crippen LogP contribution in [0.4, 0.5) is 11.4 Å². The second-order valence-corrected chi connectivity index (χ2v) is 9.65. The van der Waals surface area contributed by atoms with Crippen LogP contribution in [-0.2, 0) is 5.41 Å². The lowest BCUT2D eigenvalue weighted by molar-refractivity contribution is 0.615. The van der Waals surface area contributed by atoms with Crippen LogP contribution in [-0.4, -0.2) is 10.6 Å². The topological polar surface area (TPSA) is 8.17 Å². The third-order valence-electron chi connectivity index (χ3n) is 7.09. The molecule has 4 aromatic carbocycles. The second kappa shape index (κ2) is 6.74. The molecular formula is C30H28N2. The standard InChI is InChI=1S/C30H28N2/c1-20(2)31-26-17-11-9-15-23(26)30(3,4)24-18-19-27-28(29(24)31)22-14-8-10-16-25(22)32(27)21-12-6-5-7-13-21/h5-20H,1-4H3. The first-order valence-corrected chi connectivity index (χ1v) is 11.5. The smallest absolute Gasteiger partial charge is 0.0562 e. The Morgan fingerprint density at radius 1 is 0.656 bits per heavy atom. The highest BCUT2D eigenvalue weighted by atomic mass is 15.2. The van der Waals surface area contributed by atoms with Gasteiger partial charge in [0.15, 0.2) is 0 Å². The average Bonchev–Trinajstić information content (AvgIpc) is 3.14. The number of nitrogens with zero attached hydrogens (tertiary/aromatic N) is 2. The Hall–Kier alpha value is -3.52. The first kappa shape index (κ1) is 19.2. The number of hydrogen-bond acceptors (Lipinski definition) is 1. The van der Waals surface area contributed by atoms with Crippen LogP contribution in [0.25, 0.3) is 27.5 Å². The van der Waals surface area contributed by atoms with E-state index in [0.717, 1.165) is 0 Å². The van der Waals surface area contributed by atoms with Gasteiger partial charge in [-0.25, -0.2) is 0 Å². The molecule has 0 N–H and O–H groups in total. The van der Waals surface area contributed by atoms with Crippen molar-refractivity contribution >= 4 is 33.2 Å². The van der Waals surface area contributed by atoms with Gasteiger partial charge in [-0.05, 0) is 55.3 Å². The van der Waals surface area contributed by atoms with Gasteiger partial charge in [-0.3, -0.25) is 0 Å². The fraction of sp³-hybridized carbons (Fsp3) is 0.200. The number of para-hydroxylation sites is 3. The Bertz CT molecular complexity index is 1470. The van der Waals surface area contributed by atoms with E-state index in [1.54, 1.807) is 0 Å². The van der Waals surface area contributed by atoms with E-state index >= 15 is 0 Å². The zero-order valence-electron chi connectivity index (χ0n) is 19.1. The molecule has 1 aromatic heterocycles. The van der Waals surface area contributed by atoms with Gasteiger partial charge in [0.25, 0.3) is 0 Å². The van der Waals surface area contributed by atoms with Crippen LogP contribution in [0, 0.1) is 0 Å². The van der Waals surface area contributed by atoms with Gasteiger partial charge in [0.1, 0.15) is 0 Å². The van der Waals surface area contributed by atoms with Crippen molar-refractivity contribution in [3.05, 3.63) is 102 Å². The Kier molecular flexibility index (Phi) is 4.04. The summed E-state index contributed by atoms with van der Waals surface area (Å²) in [7, 11) is 0. The largest absolute Gasteiger partial charge is 0.338 e. The summed E-state index contributed by atoms with van der Waals surface area (Å²) in [5, 5.41) is 2.65. The van der Waals surface area contributed by atoms with Crippen molar-refractivity contribution in [2.75, 3.05) is 4.90 Å². The molecule has 0 bridgehead atoms. The number of benzene rings is 4. The second-order valence-electron chi connectivity index (χ2n) is 9.65. The lowest BCUT2D eigenvalue weighted by Gasteiger charge is -2.44. The average molecular weight is 417 g/mol. The maximum atomic E-state index is 2.56. The van der Waals surface area contributed by atoms with Crippen molar-refractivity contribution < 1.29 is 0 Å². The fourth-order valence-corrected chi connectivity index (χ4v) is 5.67. The minimum atomic E-state index is -0.0680. The molecule has 0 atom stereocenters. The van der Waals surface area contributed by atoms with Gasteiger partial charge >= 0.3 is 0 Å². The Balaban J connectivity index is 1.81. The van der Waals surface area contributed by atoms with E-state index in [0.29, 0.717) is 6.04 Å². The summed E-state index contributed by atoms with van der Waals surface area (Å²) in [6.45, 7) is 9.33. The molecule has 0 aliphatic carbocycles. The number of aromatic nitrogens is 1. The van der Waals surface area contributed by atoms with Crippen LogP contribution in [0.1, 0.15) is 38.8 Å². The minimum Gasteiger partial charge on any atom is -0.338 e. The Labute approximate surface area is 189 Å². The lowest BCUT2D eigenvalue weighted by Crippen LogP contribution is -2.36. The molecule has 5 aromatic rings. The first-order valence-electron chi connectivity index (χ1n) is 11.5. The van der Waals surface area contributed by atoms with Gasteiger partial charge in [-0.15, -0.1) is 0 Å². The molecule has 0 unspecified atom stereocenters. The van der Waals surface area contributed by atoms with Gasteiger partial charge in [-0.2, -0.15) is 0 Å². The van der Waals surface area contributed by atoms with E-state index in [9.17, 15) is 0 Å². The third-order valence-corrected chi connectivity index (χ3v) is 7.09. The molecule has 6 rings (SSSR count). The summed E-state index contributed by atoms with van der Waals surface area (Å²) in [5.74, 6) is 0. The molecule has 2 heterocycles. The zero-order chi connectivity index (χ0) is 22.0. The van der Waals surface area contributed by atoms with Gasteiger partial charge in [0.2, 0.25) is 0 Å². The summed E-state index contributed by atoms with van der Waals surface area (Å²) in [4.78, 5) is 2.56. The van der Waals surface area contributed by atoms with Gasteiger partial charge in [0, 0.05) is 33.6 Å². The van der Waals surface area contributed by atoms with Crippen LogP contribution in [0.2, 0.25) is 0 Å². The molecule has 1 aliphatic heterocycles. The van der Waals surface area contributed by atoms with E-state index in [1.807, 2.05) is 0 Å². The molecule has 2 heteroatoms. The third kappa shape index (κ3) is 2.47. The number of hydrogen-bond donors (Lipinski definition) is 0. The van der Waals surface area contributed by atoms with E-state index in [4.69, 9.17) is 0 Å². The van der Waals surface area contributed by atoms with Gasteiger partial charge < -0.3 is 9.47 Å². The zero-order valence-corrected chi connectivity index (χ0v) is 19.1. The predicted molar refractivity (Wildman–Crippen MR) is 137 cm³/mol. The van der Waals surface area contributed by atoms with Crippen LogP contribution in [0.3, 0.4) is 0 Å². The highest BCUT2D eigenvalue weighted by molar-refractivity contribution is 6.17. The monoisotopic (exact) mass is 416 g/mol. The molecule has 0 saturated heterocycles. The highest BCUT2D eigenvalue weighted by Crippen LogP contribution is 2.53. The minimum absolute atomic E-state index is 0.0680. The van der Waals surface area contributed by atoms with Crippen LogP contribution in [0.15, 0.2) is 91.0 Å². The highest BCUT2D eigenvalue weighted by Gasteiger charge is 2.38. The van der Waals surface area contributed by atoms with Crippen molar-refractivity contribution in [3.8, 4) is 5.69 Å². The first-order chi connectivity index (χ1) is 15.5. The summed E-state index contributed by atoms with van der Waals surface area (Å²) in [6, 6.07) is 33.5. The van der Waals surface area contributed by atoms with Crippen LogP contribution >= 0.6 is 0 Å². The molecule has 1 aliphatic rings. The molecule has 0 saturated carbocycles. The molecule has 32 heavy (non-hydrogen) atoms. The van der Waals surface area contributed by atoms with E-state index in [-0.39, 0.29) is 5.41 Å². The molecule has 0 fully saturated rings. The van der Waals surface area contributed by atoms with E-state index in [1.165, 1.54) is 50.0 Å². The lowest BCUT2D eigenvalue weighted by atomic mass is 9.72. The summed E-state index contributed by atoms with van der Waals surface area (Å²) >= 11 is 0. The number of anilines is 2. The summed E-state index contributed by atoms with van der Waals surface area (Å²) in [6.07, 6.45) is 0. The number of rotatable bonds is 2. The molecule has 0 amide bonds. The molecule has 0 spiro atoms. The quantitative estimate of drug-likeness (QED) is 0.283. The van der Waals surface area contributed by atoms with E-state index in [2.05, 4.69) is 128 Å². The fourth-order valence-electron chi connectivity index (χ4n) is 5.67. The summed E-state index contributed by atoms with van der Waals surface area (Å²) in [5.41, 5.74) is 9.11. The van der Waals surface area contributed by atoms with Gasteiger partial charge in [-0.1, -0.05) is 74.5 Å². The summed E-state index contributed by atoms with van der Waals surface area (Å²) < 4.78 is 2.41. The SMILES string of the molecule is CC(C)N1c2ccccc2C(C)(C)c2ccc3c(c21)c1ccccc1n3-c1ccccc1. The van der Waals surface area contributed by atoms with Gasteiger partial charge in [0.05, 0.1) is 16.7 Å². The van der Waals surface area contributed by atoms with Crippen molar-refractivity contribution in [2.24, 2.45) is 0 Å². The normalized spacial score (nSPS) is 14.7. The molecule has 2 nitrogen and oxygen atoms in total. The van der Waals surface area contributed by atoms with Crippen molar-refractivity contribution in [3.63, 3.8) is 0 Å². The van der Waals surface area contributed by atoms with Crippen LogP contribution < -0.4 is 4.90 Å². The molecule has 158 valence electrons. The van der Waals surface area contributed by atoms with Crippen molar-refractivity contribution in [1.29, 1.82) is 0 Å². The Morgan fingerprint density at radius 2 is 1.34 bits per heavy atom. The maximum absolute atomic E-state index is 2.56. The van der Waals surface area contributed by atoms with Crippen molar-refractivity contribution in [2.45, 2.75) is 39.2 Å². The maximum Gasteiger partial charge on any atom is 0.0562 e. The Morgan fingerprint density at radius 3 is 2.12 bits per heavy atom. The van der Waals surface area contributed by atoms with Crippen molar-refractivity contribution in [1.82, 2.24) is 4.57 Å². The molecular weight excluding hydrogens is 388 g/mol. The molecule has 0 radical (unpaired) electrons. The van der Waals surface area contributed by atoms with Crippen LogP contribution in [0.5, 0.6) is 0 Å². The number of fused-ring (bicyclic) bond motifs is 6. The predicted octanol–water partition coefficient (Wildman–Crippen LogP) is 7.97.